The molecule has 5 nitrogen and oxygen atoms in total. The van der Waals surface area contributed by atoms with E-state index in [1.165, 1.54) is 0 Å². The summed E-state index contributed by atoms with van der Waals surface area (Å²) in [4.78, 5) is 12.3. The highest BCUT2D eigenvalue weighted by molar-refractivity contribution is 5.85. The third kappa shape index (κ3) is 5.25. The average Bonchev–Trinajstić information content (AvgIpc) is 2.56. The first-order valence-electron chi connectivity index (χ1n) is 7.45. The Hall–Kier alpha value is -1.14. The average molecular weight is 329 g/mol. The van der Waals surface area contributed by atoms with Crippen LogP contribution in [-0.4, -0.2) is 38.8 Å². The quantitative estimate of drug-likeness (QED) is 0.744. The number of nitrogens with one attached hydrogen (secondary N) is 1. The van der Waals surface area contributed by atoms with Gasteiger partial charge in [0.1, 0.15) is 0 Å². The summed E-state index contributed by atoms with van der Waals surface area (Å²) in [7, 11) is 0. The zero-order valence-electron chi connectivity index (χ0n) is 12.8. The number of ether oxygens (including phenoxy) is 2. The molecule has 0 radical (unpaired) electrons. The number of halogens is 1. The van der Waals surface area contributed by atoms with E-state index in [9.17, 15) is 4.79 Å². The van der Waals surface area contributed by atoms with Crippen LogP contribution in [0.4, 0.5) is 0 Å². The summed E-state index contributed by atoms with van der Waals surface area (Å²) in [5, 5.41) is 2.93. The highest BCUT2D eigenvalue weighted by atomic mass is 35.5. The van der Waals surface area contributed by atoms with Crippen molar-refractivity contribution in [2.75, 3.05) is 32.9 Å². The number of benzene rings is 1. The monoisotopic (exact) mass is 328 g/mol. The standard InChI is InChI=1S/C16H24N2O3.ClH/c17-13-16(6-9-20-10-7-16)15(19)18-8-11-21-12-14-4-2-1-3-5-14;/h1-5H,6-13,17H2,(H,18,19);1H. The van der Waals surface area contributed by atoms with Crippen LogP contribution in [0.15, 0.2) is 30.3 Å². The van der Waals surface area contributed by atoms with Crippen LogP contribution in [0.2, 0.25) is 0 Å². The number of hydrogen-bond donors (Lipinski definition) is 2. The molecule has 1 saturated heterocycles. The third-order valence-corrected chi connectivity index (χ3v) is 3.97. The molecule has 0 atom stereocenters. The van der Waals surface area contributed by atoms with Gasteiger partial charge in [-0.05, 0) is 18.4 Å². The van der Waals surface area contributed by atoms with E-state index < -0.39 is 5.41 Å². The van der Waals surface area contributed by atoms with Crippen molar-refractivity contribution in [3.8, 4) is 0 Å². The number of rotatable bonds is 7. The fourth-order valence-corrected chi connectivity index (χ4v) is 2.47. The van der Waals surface area contributed by atoms with E-state index in [0.717, 1.165) is 5.56 Å². The lowest BCUT2D eigenvalue weighted by molar-refractivity contribution is -0.136. The van der Waals surface area contributed by atoms with Crippen LogP contribution in [0.5, 0.6) is 0 Å². The van der Waals surface area contributed by atoms with Crippen molar-refractivity contribution in [3.05, 3.63) is 35.9 Å². The van der Waals surface area contributed by atoms with Gasteiger partial charge in [-0.15, -0.1) is 12.4 Å². The first kappa shape index (κ1) is 18.9. The molecule has 3 N–H and O–H groups in total. The lowest BCUT2D eigenvalue weighted by Crippen LogP contribution is -2.49. The highest BCUT2D eigenvalue weighted by Crippen LogP contribution is 2.29. The number of nitrogens with two attached hydrogens (primary N) is 1. The molecule has 1 fully saturated rings. The van der Waals surface area contributed by atoms with Gasteiger partial charge in [-0.2, -0.15) is 0 Å². The van der Waals surface area contributed by atoms with Crippen molar-refractivity contribution in [2.45, 2.75) is 19.4 Å². The molecule has 0 spiro atoms. The molecular weight excluding hydrogens is 304 g/mol. The Morgan fingerprint density at radius 3 is 2.59 bits per heavy atom. The molecule has 124 valence electrons. The Labute approximate surface area is 138 Å². The van der Waals surface area contributed by atoms with Gasteiger partial charge in [-0.25, -0.2) is 0 Å². The molecular formula is C16H25ClN2O3. The molecule has 6 heteroatoms. The normalized spacial score (nSPS) is 16.6. The van der Waals surface area contributed by atoms with Gasteiger partial charge in [0, 0.05) is 26.3 Å². The summed E-state index contributed by atoms with van der Waals surface area (Å²) in [5.41, 5.74) is 6.47. The molecule has 0 unspecified atom stereocenters. The smallest absolute Gasteiger partial charge is 0.227 e. The summed E-state index contributed by atoms with van der Waals surface area (Å²) in [6, 6.07) is 9.98. The Balaban J connectivity index is 0.00000242. The Kier molecular flexibility index (Phi) is 8.42. The molecule has 0 bridgehead atoms. The van der Waals surface area contributed by atoms with Crippen LogP contribution in [0.25, 0.3) is 0 Å². The van der Waals surface area contributed by atoms with Crippen LogP contribution in [0.3, 0.4) is 0 Å². The minimum absolute atomic E-state index is 0. The van der Waals surface area contributed by atoms with Crippen LogP contribution < -0.4 is 11.1 Å². The van der Waals surface area contributed by atoms with Crippen molar-refractivity contribution in [1.82, 2.24) is 5.32 Å². The van der Waals surface area contributed by atoms with Gasteiger partial charge in [-0.3, -0.25) is 4.79 Å². The van der Waals surface area contributed by atoms with Crippen LogP contribution in [-0.2, 0) is 20.9 Å². The molecule has 1 aromatic carbocycles. The van der Waals surface area contributed by atoms with Crippen molar-refractivity contribution >= 4 is 18.3 Å². The largest absolute Gasteiger partial charge is 0.381 e. The second-order valence-electron chi connectivity index (χ2n) is 5.39. The first-order valence-corrected chi connectivity index (χ1v) is 7.45. The SMILES string of the molecule is Cl.NCC1(C(=O)NCCOCc2ccccc2)CCOCC1. The second kappa shape index (κ2) is 9.79. The maximum absolute atomic E-state index is 12.3. The molecule has 1 aliphatic heterocycles. The Morgan fingerprint density at radius 1 is 1.27 bits per heavy atom. The van der Waals surface area contributed by atoms with Gasteiger partial charge in [-0.1, -0.05) is 30.3 Å². The van der Waals surface area contributed by atoms with Crippen LogP contribution in [0.1, 0.15) is 18.4 Å². The second-order valence-corrected chi connectivity index (χ2v) is 5.39. The van der Waals surface area contributed by atoms with E-state index in [0.29, 0.717) is 52.4 Å². The molecule has 1 aromatic rings. The Bertz CT molecular complexity index is 436. The molecule has 2 rings (SSSR count). The molecule has 0 aromatic heterocycles. The molecule has 22 heavy (non-hydrogen) atoms. The molecule has 0 saturated carbocycles. The zero-order chi connectivity index (χ0) is 15.0. The van der Waals surface area contributed by atoms with E-state index in [-0.39, 0.29) is 18.3 Å². The van der Waals surface area contributed by atoms with Crippen molar-refractivity contribution in [3.63, 3.8) is 0 Å². The molecule has 1 aliphatic rings. The zero-order valence-corrected chi connectivity index (χ0v) is 13.6. The molecule has 0 aliphatic carbocycles. The van der Waals surface area contributed by atoms with E-state index >= 15 is 0 Å². The minimum atomic E-state index is -0.461. The van der Waals surface area contributed by atoms with Crippen molar-refractivity contribution in [1.29, 1.82) is 0 Å². The summed E-state index contributed by atoms with van der Waals surface area (Å²) < 4.78 is 10.9. The van der Waals surface area contributed by atoms with Crippen LogP contribution >= 0.6 is 12.4 Å². The van der Waals surface area contributed by atoms with E-state index in [1.807, 2.05) is 30.3 Å². The third-order valence-electron chi connectivity index (χ3n) is 3.97. The summed E-state index contributed by atoms with van der Waals surface area (Å²) in [6.07, 6.45) is 1.39. The number of carbonyl (C=O) groups is 1. The van der Waals surface area contributed by atoms with Gasteiger partial charge in [0.05, 0.1) is 18.6 Å². The number of amides is 1. The fourth-order valence-electron chi connectivity index (χ4n) is 2.47. The predicted molar refractivity (Wildman–Crippen MR) is 87.9 cm³/mol. The number of hydrogen-bond acceptors (Lipinski definition) is 4. The molecule has 1 heterocycles. The van der Waals surface area contributed by atoms with Crippen molar-refractivity contribution in [2.24, 2.45) is 11.1 Å². The van der Waals surface area contributed by atoms with Gasteiger partial charge in [0.25, 0.3) is 0 Å². The van der Waals surface area contributed by atoms with E-state index in [2.05, 4.69) is 5.32 Å². The van der Waals surface area contributed by atoms with Crippen LogP contribution in [0, 0.1) is 5.41 Å². The maximum Gasteiger partial charge on any atom is 0.227 e. The topological polar surface area (TPSA) is 73.6 Å². The summed E-state index contributed by atoms with van der Waals surface area (Å²) in [5.74, 6) is 0.0246. The molecule has 1 amide bonds. The first-order chi connectivity index (χ1) is 10.3. The van der Waals surface area contributed by atoms with Gasteiger partial charge in [0.15, 0.2) is 0 Å². The maximum atomic E-state index is 12.3. The van der Waals surface area contributed by atoms with Gasteiger partial charge >= 0.3 is 0 Å². The van der Waals surface area contributed by atoms with Gasteiger partial charge in [0.2, 0.25) is 5.91 Å². The fraction of sp³-hybridized carbons (Fsp3) is 0.562. The summed E-state index contributed by atoms with van der Waals surface area (Å²) in [6.45, 7) is 3.15. The lowest BCUT2D eigenvalue weighted by Gasteiger charge is -2.34. The lowest BCUT2D eigenvalue weighted by atomic mass is 9.79. The minimum Gasteiger partial charge on any atom is -0.381 e. The predicted octanol–water partition coefficient (Wildman–Crippen LogP) is 1.50. The van der Waals surface area contributed by atoms with E-state index in [4.69, 9.17) is 15.2 Å². The number of carbonyl (C=O) groups excluding carboxylic acids is 1. The Morgan fingerprint density at radius 2 is 1.95 bits per heavy atom. The highest BCUT2D eigenvalue weighted by Gasteiger charge is 2.38. The van der Waals surface area contributed by atoms with Crippen molar-refractivity contribution < 1.29 is 14.3 Å². The van der Waals surface area contributed by atoms with Gasteiger partial charge < -0.3 is 20.5 Å². The summed E-state index contributed by atoms with van der Waals surface area (Å²) >= 11 is 0. The van der Waals surface area contributed by atoms with E-state index in [1.54, 1.807) is 0 Å².